The van der Waals surface area contributed by atoms with E-state index < -0.39 is 50.9 Å². The van der Waals surface area contributed by atoms with E-state index in [1.807, 2.05) is 41.8 Å². The van der Waals surface area contributed by atoms with Gasteiger partial charge in [-0.2, -0.15) is 0 Å². The molecule has 2 aliphatic heterocycles. The molecule has 1 aromatic carbocycles. The number of hydrogen-bond donors (Lipinski definition) is 2. The van der Waals surface area contributed by atoms with Gasteiger partial charge in [0, 0.05) is 41.8 Å². The molecule has 2 aromatic heterocycles. The minimum absolute atomic E-state index is 0.0905. The van der Waals surface area contributed by atoms with Crippen LogP contribution in [0.15, 0.2) is 41.8 Å². The quantitative estimate of drug-likeness (QED) is 0.314. The number of aromatic nitrogens is 2. The first kappa shape index (κ1) is 36.3. The fourth-order valence-electron chi connectivity index (χ4n) is 6.89. The molecule has 2 N–H and O–H groups in total. The zero-order valence-electron chi connectivity index (χ0n) is 29.8. The number of pyridine rings is 1. The van der Waals surface area contributed by atoms with Crippen molar-refractivity contribution in [1.82, 2.24) is 24.9 Å². The standard InChI is InChI=1S/C37H45N5O8S2/c1-21(2)30-20-51-34(39-30)29-17-32(27-13-10-24(48-4)15-28(27)38-29)50-25-16-31-33(43)40-37(36(45)41-52(46,47)26-11-12-26)18-23(37)9-7-5-6-8-14-49-22(3)35(44)42(31)19-25/h7,9-10,13,15,17,20-23,25-26,31H,5-6,8,11-12,14,16,18-19H2,1-4H3,(H,40,43)(H,41,45). The summed E-state index contributed by atoms with van der Waals surface area (Å²) >= 11 is 1.49. The Morgan fingerprint density at radius 1 is 1.17 bits per heavy atom. The SMILES string of the molecule is COc1ccc2c(OC3CC4C(=O)NC5(C(=O)NS(=O)(=O)C6CC6)CC5C=CCCCCOC(C)C(=O)N4C3)cc(-c3nc(C(C)C)cs3)nc2c1. The second-order valence-electron chi connectivity index (χ2n) is 14.5. The number of fused-ring (bicyclic) bond motifs is 3. The first-order valence-corrected chi connectivity index (χ1v) is 20.4. The van der Waals surface area contributed by atoms with E-state index in [4.69, 9.17) is 24.2 Å². The van der Waals surface area contributed by atoms with Crippen LogP contribution in [0.5, 0.6) is 11.5 Å². The van der Waals surface area contributed by atoms with Gasteiger partial charge >= 0.3 is 0 Å². The molecule has 3 fully saturated rings. The second kappa shape index (κ2) is 14.4. The van der Waals surface area contributed by atoms with Gasteiger partial charge in [0.05, 0.1) is 30.1 Å². The van der Waals surface area contributed by atoms with Gasteiger partial charge in [0.2, 0.25) is 15.9 Å². The summed E-state index contributed by atoms with van der Waals surface area (Å²) in [5.41, 5.74) is 0.779. The fourth-order valence-corrected chi connectivity index (χ4v) is 9.19. The van der Waals surface area contributed by atoms with Crippen LogP contribution >= 0.6 is 11.3 Å². The maximum absolute atomic E-state index is 14.2. The van der Waals surface area contributed by atoms with Crippen LogP contribution in [-0.4, -0.2) is 90.3 Å². The Kier molecular flexibility index (Phi) is 10.0. The van der Waals surface area contributed by atoms with Crippen LogP contribution < -0.4 is 19.5 Å². The number of nitrogens with one attached hydrogen (secondary N) is 2. The molecule has 1 saturated heterocycles. The molecular weight excluding hydrogens is 707 g/mol. The second-order valence-corrected chi connectivity index (χ2v) is 17.3. The maximum atomic E-state index is 14.2. The number of amides is 3. The lowest BCUT2D eigenvalue weighted by atomic mass is 10.1. The van der Waals surface area contributed by atoms with Gasteiger partial charge in [-0.05, 0) is 63.5 Å². The average Bonchev–Trinajstić information content (AvgIpc) is 3.99. The van der Waals surface area contributed by atoms with Crippen molar-refractivity contribution in [3.05, 3.63) is 47.5 Å². The molecular formula is C37H45N5O8S2. The summed E-state index contributed by atoms with van der Waals surface area (Å²) in [6.45, 7) is 6.31. The first-order chi connectivity index (χ1) is 24.9. The Morgan fingerprint density at radius 2 is 1.98 bits per heavy atom. The van der Waals surface area contributed by atoms with E-state index in [1.165, 1.54) is 16.2 Å². The normalized spacial score (nSPS) is 27.0. The minimum Gasteiger partial charge on any atom is -0.497 e. The first-order valence-electron chi connectivity index (χ1n) is 18.0. The topological polar surface area (TPSA) is 166 Å². The lowest BCUT2D eigenvalue weighted by Crippen LogP contribution is -2.57. The third-order valence-corrected chi connectivity index (χ3v) is 13.0. The molecule has 2 saturated carbocycles. The van der Waals surface area contributed by atoms with Crippen LogP contribution in [0.4, 0.5) is 0 Å². The lowest BCUT2D eigenvalue weighted by Gasteiger charge is -2.28. The van der Waals surface area contributed by atoms with Crippen molar-refractivity contribution in [2.24, 2.45) is 5.92 Å². The van der Waals surface area contributed by atoms with E-state index in [0.717, 1.165) is 35.4 Å². The number of allylic oxidation sites excluding steroid dienone is 1. The van der Waals surface area contributed by atoms with Crippen LogP contribution in [0.1, 0.15) is 77.3 Å². The molecule has 4 heterocycles. The van der Waals surface area contributed by atoms with E-state index in [0.29, 0.717) is 42.2 Å². The van der Waals surface area contributed by atoms with E-state index in [2.05, 4.69) is 23.9 Å². The predicted molar refractivity (Wildman–Crippen MR) is 195 cm³/mol. The summed E-state index contributed by atoms with van der Waals surface area (Å²) in [5, 5.41) is 5.78. The summed E-state index contributed by atoms with van der Waals surface area (Å²) in [6, 6.07) is 6.35. The Morgan fingerprint density at radius 3 is 2.71 bits per heavy atom. The summed E-state index contributed by atoms with van der Waals surface area (Å²) < 4.78 is 45.9. The molecule has 0 spiro atoms. The van der Waals surface area contributed by atoms with E-state index in [1.54, 1.807) is 14.0 Å². The maximum Gasteiger partial charge on any atom is 0.259 e. The van der Waals surface area contributed by atoms with Crippen LogP contribution in [0, 0.1) is 5.92 Å². The Balaban J connectivity index is 1.20. The molecule has 3 amide bonds. The number of benzene rings is 1. The molecule has 7 rings (SSSR count). The molecule has 15 heteroatoms. The number of sulfonamides is 1. The van der Waals surface area contributed by atoms with Crippen LogP contribution in [0.2, 0.25) is 0 Å². The third-order valence-electron chi connectivity index (χ3n) is 10.3. The Bertz CT molecular complexity index is 2010. The largest absolute Gasteiger partial charge is 0.497 e. The number of ether oxygens (including phenoxy) is 3. The van der Waals surface area contributed by atoms with Gasteiger partial charge in [-0.1, -0.05) is 26.0 Å². The fraction of sp³-hybridized carbons (Fsp3) is 0.541. The molecule has 13 nitrogen and oxygen atoms in total. The van der Waals surface area contributed by atoms with Gasteiger partial charge in [-0.3, -0.25) is 19.1 Å². The van der Waals surface area contributed by atoms with Crippen molar-refractivity contribution in [2.45, 2.75) is 101 Å². The minimum atomic E-state index is -3.85. The molecule has 2 aliphatic carbocycles. The van der Waals surface area contributed by atoms with Crippen molar-refractivity contribution in [2.75, 3.05) is 20.3 Å². The number of carbonyl (C=O) groups excluding carboxylic acids is 3. The van der Waals surface area contributed by atoms with Gasteiger partial charge in [0.15, 0.2) is 0 Å². The highest BCUT2D eigenvalue weighted by atomic mass is 32.2. The molecule has 5 unspecified atom stereocenters. The third kappa shape index (κ3) is 7.40. The highest BCUT2D eigenvalue weighted by molar-refractivity contribution is 7.91. The summed E-state index contributed by atoms with van der Waals surface area (Å²) in [4.78, 5) is 53.0. The van der Waals surface area contributed by atoms with Crippen molar-refractivity contribution >= 4 is 50.0 Å². The Hall–Kier alpha value is -4.08. The monoisotopic (exact) mass is 751 g/mol. The number of rotatable bonds is 8. The van der Waals surface area contributed by atoms with Gasteiger partial charge in [-0.15, -0.1) is 11.3 Å². The number of nitrogens with zero attached hydrogens (tertiary/aromatic N) is 3. The van der Waals surface area contributed by atoms with Crippen LogP contribution in [0.25, 0.3) is 21.6 Å². The summed E-state index contributed by atoms with van der Waals surface area (Å²) in [6.07, 6.45) is 6.05. The van der Waals surface area contributed by atoms with Crippen molar-refractivity contribution in [3.8, 4) is 22.2 Å². The summed E-state index contributed by atoms with van der Waals surface area (Å²) in [5.74, 6) is -0.659. The highest BCUT2D eigenvalue weighted by Crippen LogP contribution is 2.46. The molecule has 278 valence electrons. The van der Waals surface area contributed by atoms with E-state index >= 15 is 0 Å². The molecule has 0 bridgehead atoms. The number of hydrogen-bond acceptors (Lipinski definition) is 11. The van der Waals surface area contributed by atoms with E-state index in [-0.39, 0.29) is 37.1 Å². The molecule has 3 aromatic rings. The summed E-state index contributed by atoms with van der Waals surface area (Å²) in [7, 11) is -2.26. The lowest BCUT2D eigenvalue weighted by molar-refractivity contribution is -0.147. The van der Waals surface area contributed by atoms with Gasteiger partial charge < -0.3 is 24.4 Å². The molecule has 0 radical (unpaired) electrons. The van der Waals surface area contributed by atoms with Gasteiger partial charge in [0.25, 0.3) is 11.8 Å². The smallest absolute Gasteiger partial charge is 0.259 e. The van der Waals surface area contributed by atoms with Crippen LogP contribution in [-0.2, 0) is 29.1 Å². The van der Waals surface area contributed by atoms with Gasteiger partial charge in [-0.25, -0.2) is 18.4 Å². The molecule has 52 heavy (non-hydrogen) atoms. The predicted octanol–water partition coefficient (Wildman–Crippen LogP) is 4.47. The van der Waals surface area contributed by atoms with Crippen molar-refractivity contribution in [3.63, 3.8) is 0 Å². The Labute approximate surface area is 307 Å². The molecule has 5 atom stereocenters. The zero-order valence-corrected chi connectivity index (χ0v) is 31.4. The average molecular weight is 752 g/mol. The number of carbonyl (C=O) groups is 3. The van der Waals surface area contributed by atoms with Crippen molar-refractivity contribution < 1.29 is 37.0 Å². The molecule has 4 aliphatic rings. The highest BCUT2D eigenvalue weighted by Gasteiger charge is 2.62. The number of methoxy groups -OCH3 is 1. The number of thiazole rings is 1. The van der Waals surface area contributed by atoms with E-state index in [9.17, 15) is 22.8 Å². The zero-order chi connectivity index (χ0) is 36.8. The van der Waals surface area contributed by atoms with Gasteiger partial charge in [0.1, 0.15) is 46.0 Å². The van der Waals surface area contributed by atoms with Crippen LogP contribution in [0.3, 0.4) is 0 Å². The van der Waals surface area contributed by atoms with Crippen molar-refractivity contribution in [1.29, 1.82) is 0 Å².